The van der Waals surface area contributed by atoms with Gasteiger partial charge in [-0.3, -0.25) is 0 Å². The van der Waals surface area contributed by atoms with Gasteiger partial charge in [-0.1, -0.05) is 24.6 Å². The molecule has 0 aliphatic carbocycles. The molecule has 102 valence electrons. The standard InChI is InChI=1S/C14H22ClNO2/c1-4-7-17-8-9-18-12-5-6-13(11(2)16-3)14(15)10-12/h5-6,10-11,16H,4,7-9H2,1-3H3. The summed E-state index contributed by atoms with van der Waals surface area (Å²) in [6, 6.07) is 6.02. The second-order valence-corrected chi connectivity index (χ2v) is 4.56. The van der Waals surface area contributed by atoms with Crippen LogP contribution in [-0.4, -0.2) is 26.9 Å². The van der Waals surface area contributed by atoms with E-state index >= 15 is 0 Å². The van der Waals surface area contributed by atoms with Crippen LogP contribution in [0.15, 0.2) is 18.2 Å². The molecular weight excluding hydrogens is 250 g/mol. The van der Waals surface area contributed by atoms with Crippen molar-refractivity contribution in [3.8, 4) is 5.75 Å². The van der Waals surface area contributed by atoms with E-state index in [4.69, 9.17) is 21.1 Å². The Bertz CT molecular complexity index is 358. The smallest absolute Gasteiger partial charge is 0.120 e. The molecule has 0 heterocycles. The van der Waals surface area contributed by atoms with E-state index in [1.54, 1.807) is 0 Å². The second kappa shape index (κ2) is 8.35. The highest BCUT2D eigenvalue weighted by Gasteiger charge is 2.08. The topological polar surface area (TPSA) is 30.5 Å². The van der Waals surface area contributed by atoms with Gasteiger partial charge in [0.2, 0.25) is 0 Å². The van der Waals surface area contributed by atoms with Crippen molar-refractivity contribution in [1.82, 2.24) is 5.32 Å². The first-order chi connectivity index (χ1) is 8.69. The van der Waals surface area contributed by atoms with Gasteiger partial charge in [-0.15, -0.1) is 0 Å². The fourth-order valence-corrected chi connectivity index (χ4v) is 1.90. The predicted molar refractivity (Wildman–Crippen MR) is 75.5 cm³/mol. The van der Waals surface area contributed by atoms with Crippen LogP contribution in [0.25, 0.3) is 0 Å². The summed E-state index contributed by atoms with van der Waals surface area (Å²) in [5.41, 5.74) is 1.08. The van der Waals surface area contributed by atoms with Crippen LogP contribution in [0.1, 0.15) is 31.9 Å². The zero-order valence-corrected chi connectivity index (χ0v) is 12.1. The van der Waals surface area contributed by atoms with E-state index in [1.165, 1.54) is 0 Å². The average Bonchev–Trinajstić information content (AvgIpc) is 2.38. The summed E-state index contributed by atoms with van der Waals surface area (Å²) < 4.78 is 10.9. The maximum Gasteiger partial charge on any atom is 0.120 e. The molecule has 1 rings (SSSR count). The molecule has 0 aliphatic rings. The van der Waals surface area contributed by atoms with Crippen molar-refractivity contribution in [2.24, 2.45) is 0 Å². The van der Waals surface area contributed by atoms with E-state index in [0.29, 0.717) is 13.2 Å². The van der Waals surface area contributed by atoms with Crippen molar-refractivity contribution in [3.63, 3.8) is 0 Å². The minimum absolute atomic E-state index is 0.236. The van der Waals surface area contributed by atoms with E-state index < -0.39 is 0 Å². The molecule has 0 fully saturated rings. The molecule has 1 aromatic carbocycles. The third kappa shape index (κ3) is 4.84. The van der Waals surface area contributed by atoms with Gasteiger partial charge in [0.05, 0.1) is 6.61 Å². The molecule has 0 amide bonds. The monoisotopic (exact) mass is 271 g/mol. The molecular formula is C14H22ClNO2. The lowest BCUT2D eigenvalue weighted by Gasteiger charge is -2.14. The van der Waals surface area contributed by atoms with Crippen LogP contribution < -0.4 is 10.1 Å². The first-order valence-corrected chi connectivity index (χ1v) is 6.74. The van der Waals surface area contributed by atoms with Crippen molar-refractivity contribution in [3.05, 3.63) is 28.8 Å². The summed E-state index contributed by atoms with van der Waals surface area (Å²) in [5.74, 6) is 0.784. The summed E-state index contributed by atoms with van der Waals surface area (Å²) >= 11 is 6.21. The molecule has 18 heavy (non-hydrogen) atoms. The highest BCUT2D eigenvalue weighted by Crippen LogP contribution is 2.26. The quantitative estimate of drug-likeness (QED) is 0.735. The molecule has 0 bridgehead atoms. The molecule has 0 spiro atoms. The molecule has 0 saturated carbocycles. The summed E-state index contributed by atoms with van der Waals surface area (Å²) in [5, 5.41) is 3.89. The third-order valence-corrected chi connectivity index (χ3v) is 3.04. The fourth-order valence-electron chi connectivity index (χ4n) is 1.57. The van der Waals surface area contributed by atoms with E-state index in [9.17, 15) is 0 Å². The van der Waals surface area contributed by atoms with Crippen molar-refractivity contribution in [2.75, 3.05) is 26.9 Å². The Morgan fingerprint density at radius 1 is 1.28 bits per heavy atom. The molecule has 3 nitrogen and oxygen atoms in total. The highest BCUT2D eigenvalue weighted by molar-refractivity contribution is 6.31. The number of halogens is 1. The Morgan fingerprint density at radius 2 is 2.06 bits per heavy atom. The Balaban J connectivity index is 2.46. The Morgan fingerprint density at radius 3 is 2.67 bits per heavy atom. The number of nitrogens with one attached hydrogen (secondary N) is 1. The zero-order chi connectivity index (χ0) is 13.4. The summed E-state index contributed by atoms with van der Waals surface area (Å²) in [7, 11) is 1.91. The minimum Gasteiger partial charge on any atom is -0.491 e. The number of hydrogen-bond acceptors (Lipinski definition) is 3. The van der Waals surface area contributed by atoms with Gasteiger partial charge in [-0.05, 0) is 38.1 Å². The highest BCUT2D eigenvalue weighted by atomic mass is 35.5. The number of rotatable bonds is 8. The number of ether oxygens (including phenoxy) is 2. The van der Waals surface area contributed by atoms with E-state index in [1.807, 2.05) is 25.2 Å². The summed E-state index contributed by atoms with van der Waals surface area (Å²) in [4.78, 5) is 0. The van der Waals surface area contributed by atoms with Crippen LogP contribution in [0, 0.1) is 0 Å². The predicted octanol–water partition coefficient (Wildman–Crippen LogP) is 3.43. The van der Waals surface area contributed by atoms with Gasteiger partial charge in [0.1, 0.15) is 12.4 Å². The lowest BCUT2D eigenvalue weighted by atomic mass is 10.1. The van der Waals surface area contributed by atoms with Crippen LogP contribution in [0.3, 0.4) is 0 Å². The van der Waals surface area contributed by atoms with Crippen molar-refractivity contribution < 1.29 is 9.47 Å². The second-order valence-electron chi connectivity index (χ2n) is 4.15. The molecule has 1 unspecified atom stereocenters. The first-order valence-electron chi connectivity index (χ1n) is 6.36. The lowest BCUT2D eigenvalue weighted by molar-refractivity contribution is 0.101. The number of hydrogen-bond donors (Lipinski definition) is 1. The molecule has 0 radical (unpaired) electrons. The van der Waals surface area contributed by atoms with Crippen LogP contribution in [0.4, 0.5) is 0 Å². The van der Waals surface area contributed by atoms with Gasteiger partial charge in [0.25, 0.3) is 0 Å². The van der Waals surface area contributed by atoms with Crippen LogP contribution in [0.2, 0.25) is 5.02 Å². The third-order valence-electron chi connectivity index (χ3n) is 2.72. The number of benzene rings is 1. The minimum atomic E-state index is 0.236. The molecule has 1 N–H and O–H groups in total. The van der Waals surface area contributed by atoms with Gasteiger partial charge in [0.15, 0.2) is 0 Å². The van der Waals surface area contributed by atoms with Crippen molar-refractivity contribution in [2.45, 2.75) is 26.3 Å². The molecule has 0 aliphatic heterocycles. The Kier molecular flexibility index (Phi) is 7.09. The molecule has 1 aromatic rings. The van der Waals surface area contributed by atoms with Gasteiger partial charge >= 0.3 is 0 Å². The van der Waals surface area contributed by atoms with Crippen LogP contribution in [-0.2, 0) is 4.74 Å². The maximum absolute atomic E-state index is 6.21. The van der Waals surface area contributed by atoms with Crippen molar-refractivity contribution >= 4 is 11.6 Å². The molecule has 1 atom stereocenters. The van der Waals surface area contributed by atoms with E-state index in [-0.39, 0.29) is 6.04 Å². The zero-order valence-electron chi connectivity index (χ0n) is 11.3. The average molecular weight is 272 g/mol. The largest absolute Gasteiger partial charge is 0.491 e. The maximum atomic E-state index is 6.21. The van der Waals surface area contributed by atoms with Crippen molar-refractivity contribution in [1.29, 1.82) is 0 Å². The van der Waals surface area contributed by atoms with E-state index in [2.05, 4.69) is 19.2 Å². The Hall–Kier alpha value is -0.770. The van der Waals surface area contributed by atoms with Gasteiger partial charge in [0, 0.05) is 17.7 Å². The SMILES string of the molecule is CCCOCCOc1ccc(C(C)NC)c(Cl)c1. The summed E-state index contributed by atoms with van der Waals surface area (Å²) in [6.07, 6.45) is 1.03. The Labute approximate surface area is 114 Å². The fraction of sp³-hybridized carbons (Fsp3) is 0.571. The van der Waals surface area contributed by atoms with Gasteiger partial charge < -0.3 is 14.8 Å². The summed E-state index contributed by atoms with van der Waals surface area (Å²) in [6.45, 7) is 6.10. The van der Waals surface area contributed by atoms with Crippen LogP contribution >= 0.6 is 11.6 Å². The molecule has 0 saturated heterocycles. The lowest BCUT2D eigenvalue weighted by Crippen LogP contribution is -2.13. The van der Waals surface area contributed by atoms with Gasteiger partial charge in [-0.25, -0.2) is 0 Å². The normalized spacial score (nSPS) is 12.4. The van der Waals surface area contributed by atoms with E-state index in [0.717, 1.165) is 29.4 Å². The molecule has 0 aromatic heterocycles. The molecule has 4 heteroatoms. The van der Waals surface area contributed by atoms with Gasteiger partial charge in [-0.2, -0.15) is 0 Å². The first kappa shape index (κ1) is 15.3. The van der Waals surface area contributed by atoms with Crippen LogP contribution in [0.5, 0.6) is 5.75 Å².